The quantitative estimate of drug-likeness (QED) is 0.0230. The molecule has 0 aliphatic carbocycles. The first-order chi connectivity index (χ1) is 37.0. The fourth-order valence-electron chi connectivity index (χ4n) is 10.6. The van der Waals surface area contributed by atoms with Gasteiger partial charge < -0.3 is 47.4 Å². The zero-order chi connectivity index (χ0) is 55.9. The van der Waals surface area contributed by atoms with Crippen LogP contribution in [0.25, 0.3) is 0 Å². The second-order valence-corrected chi connectivity index (χ2v) is 27.8. The minimum absolute atomic E-state index is 0.199. The summed E-state index contributed by atoms with van der Waals surface area (Å²) in [6.07, 6.45) is 18.7. The van der Waals surface area contributed by atoms with Gasteiger partial charge >= 0.3 is 11.9 Å². The van der Waals surface area contributed by atoms with Gasteiger partial charge in [-0.25, -0.2) is 9.59 Å². The van der Waals surface area contributed by atoms with Crippen molar-refractivity contribution in [2.75, 3.05) is 68.5 Å². The predicted molar refractivity (Wildman–Crippen MR) is 309 cm³/mol. The Hall–Kier alpha value is -4.92. The monoisotopic (exact) mass is 1080 g/mol. The number of methoxy groups -OCH3 is 4. The van der Waals surface area contributed by atoms with E-state index in [2.05, 4.69) is 72.0 Å². The number of carbonyl (C=O) groups excluding carboxylic acids is 2. The molecule has 2 aliphatic heterocycles. The lowest BCUT2D eigenvalue weighted by Gasteiger charge is -2.43. The number of unbranched alkanes of at least 4 members (excludes halogenated alkanes) is 12. The second-order valence-electron chi connectivity index (χ2n) is 23.0. The molecular formula is C64H94O12Si. The molecule has 0 fully saturated rings. The highest BCUT2D eigenvalue weighted by Gasteiger charge is 2.44. The van der Waals surface area contributed by atoms with E-state index in [0.717, 1.165) is 80.1 Å². The van der Waals surface area contributed by atoms with Crippen LogP contribution in [0.2, 0.25) is 18.1 Å². The van der Waals surface area contributed by atoms with Gasteiger partial charge in [-0.05, 0) is 102 Å². The van der Waals surface area contributed by atoms with Crippen LogP contribution in [0.3, 0.4) is 0 Å². The minimum Gasteiger partial charge on any atom is -0.492 e. The molecule has 2 aliphatic rings. The van der Waals surface area contributed by atoms with E-state index >= 15 is 0 Å². The van der Waals surface area contributed by atoms with Crippen molar-refractivity contribution in [1.82, 2.24) is 0 Å². The van der Waals surface area contributed by atoms with Crippen molar-refractivity contribution in [3.63, 3.8) is 0 Å². The lowest BCUT2D eigenvalue weighted by Crippen LogP contribution is -2.40. The molecule has 77 heavy (non-hydrogen) atoms. The van der Waals surface area contributed by atoms with E-state index in [-0.39, 0.29) is 53.2 Å². The zero-order valence-corrected chi connectivity index (χ0v) is 49.7. The highest BCUT2D eigenvalue weighted by molar-refractivity contribution is 6.74. The Labute approximate surface area is 463 Å². The molecule has 4 aromatic carbocycles. The molecule has 1 N–H and O–H groups in total. The maximum Gasteiger partial charge on any atom is 0.337 e. The Morgan fingerprint density at radius 2 is 0.935 bits per heavy atom. The molecule has 6 rings (SSSR count). The molecule has 2 heterocycles. The molecule has 426 valence electrons. The fourth-order valence-corrected chi connectivity index (χ4v) is 11.7. The Bertz CT molecular complexity index is 2380. The number of fused-ring (bicyclic) bond motifs is 2. The van der Waals surface area contributed by atoms with Crippen LogP contribution in [0.1, 0.15) is 192 Å². The van der Waals surface area contributed by atoms with E-state index in [1.54, 1.807) is 14.2 Å². The topological polar surface area (TPSA) is 137 Å². The lowest BCUT2D eigenvalue weighted by molar-refractivity contribution is 0.0505. The molecule has 0 bridgehead atoms. The van der Waals surface area contributed by atoms with Crippen molar-refractivity contribution < 1.29 is 57.0 Å². The van der Waals surface area contributed by atoms with E-state index in [1.165, 1.54) is 88.7 Å². The van der Waals surface area contributed by atoms with Gasteiger partial charge in [-0.2, -0.15) is 0 Å². The summed E-state index contributed by atoms with van der Waals surface area (Å²) in [6.45, 7) is 18.8. The van der Waals surface area contributed by atoms with Gasteiger partial charge in [-0.1, -0.05) is 148 Å². The van der Waals surface area contributed by atoms with E-state index in [9.17, 15) is 9.59 Å². The highest BCUT2D eigenvalue weighted by Crippen LogP contribution is 2.51. The average Bonchev–Trinajstić information content (AvgIpc) is 3.44. The van der Waals surface area contributed by atoms with Crippen LogP contribution in [0.4, 0.5) is 0 Å². The molecule has 12 nitrogen and oxygen atoms in total. The lowest BCUT2D eigenvalue weighted by atomic mass is 9.66. The first-order valence-electron chi connectivity index (χ1n) is 28.4. The van der Waals surface area contributed by atoms with Gasteiger partial charge in [-0.3, -0.25) is 0 Å². The van der Waals surface area contributed by atoms with Crippen molar-refractivity contribution in [3.05, 3.63) is 118 Å². The van der Waals surface area contributed by atoms with Gasteiger partial charge in [0.15, 0.2) is 21.9 Å². The standard InChI is InChI=1S/C35H54O6Si.C29H40O6/c1-34(2,3)42(7,8)41-23-15-13-11-9-10-12-14-16-31-30-22-21-29(40-26-37-5)24-32(30)39-25-35(31,4)28-19-17-27(18-20-28)33(36)38-6;1-29(23-14-12-22(13-15-23)28(31)33-3)20-34-27-19-24(35-21-32-2)16-17-25(27)26(29)11-9-7-5-4-6-8-10-18-30/h17-22,24,31H,9-16,23,25-26H2,1-8H3;12-17,19,26,30H,4-11,18,20-21H2,1-3H3/t31-,35-;26-,29-/m11/s1. The molecule has 0 radical (unpaired) electrons. The van der Waals surface area contributed by atoms with Gasteiger partial charge in [0.2, 0.25) is 0 Å². The van der Waals surface area contributed by atoms with Gasteiger partial charge in [0.25, 0.3) is 0 Å². The van der Waals surface area contributed by atoms with Crippen molar-refractivity contribution in [2.45, 2.75) is 178 Å². The van der Waals surface area contributed by atoms with Crippen LogP contribution in [0.5, 0.6) is 23.0 Å². The number of benzene rings is 4. The number of ether oxygens (including phenoxy) is 8. The maximum absolute atomic E-state index is 12.0. The third-order valence-electron chi connectivity index (χ3n) is 16.5. The molecule has 4 atom stereocenters. The summed E-state index contributed by atoms with van der Waals surface area (Å²) in [7, 11) is 4.40. The number of hydrogen-bond donors (Lipinski definition) is 1. The number of carbonyl (C=O) groups is 2. The summed E-state index contributed by atoms with van der Waals surface area (Å²) in [5.74, 6) is 3.16. The van der Waals surface area contributed by atoms with Crippen molar-refractivity contribution in [2.24, 2.45) is 0 Å². The van der Waals surface area contributed by atoms with E-state index in [0.29, 0.717) is 30.9 Å². The first-order valence-corrected chi connectivity index (χ1v) is 31.3. The van der Waals surface area contributed by atoms with Crippen molar-refractivity contribution in [1.29, 1.82) is 0 Å². The summed E-state index contributed by atoms with van der Waals surface area (Å²) in [5, 5.41) is 9.22. The second kappa shape index (κ2) is 31.0. The van der Waals surface area contributed by atoms with Gasteiger partial charge in [-0.15, -0.1) is 0 Å². The van der Waals surface area contributed by atoms with Crippen LogP contribution in [-0.4, -0.2) is 93.8 Å². The molecule has 0 spiro atoms. The van der Waals surface area contributed by atoms with Gasteiger partial charge in [0.1, 0.15) is 23.0 Å². The van der Waals surface area contributed by atoms with Gasteiger partial charge in [0, 0.05) is 62.2 Å². The Morgan fingerprint density at radius 1 is 0.558 bits per heavy atom. The van der Waals surface area contributed by atoms with Crippen LogP contribution in [-0.2, 0) is 34.2 Å². The number of aliphatic hydroxyl groups is 1. The summed E-state index contributed by atoms with van der Waals surface area (Å²) >= 11 is 0. The summed E-state index contributed by atoms with van der Waals surface area (Å²) < 4.78 is 50.2. The number of rotatable bonds is 30. The van der Waals surface area contributed by atoms with Crippen LogP contribution in [0, 0.1) is 0 Å². The molecule has 4 aromatic rings. The summed E-state index contributed by atoms with van der Waals surface area (Å²) in [4.78, 5) is 23.9. The third-order valence-corrected chi connectivity index (χ3v) is 21.0. The molecule has 13 heteroatoms. The fraction of sp³-hybridized carbons (Fsp3) is 0.594. The molecule has 0 saturated carbocycles. The zero-order valence-electron chi connectivity index (χ0n) is 48.7. The maximum atomic E-state index is 12.0. The number of aliphatic hydroxyl groups excluding tert-OH is 1. The first kappa shape index (κ1) is 62.9. The normalized spacial score (nSPS) is 18.9. The van der Waals surface area contributed by atoms with E-state index in [1.807, 2.05) is 60.7 Å². The predicted octanol–water partition coefficient (Wildman–Crippen LogP) is 15.0. The molecular weight excluding hydrogens is 989 g/mol. The van der Waals surface area contributed by atoms with Crippen LogP contribution in [0.15, 0.2) is 84.9 Å². The molecule has 0 aromatic heterocycles. The number of esters is 2. The van der Waals surface area contributed by atoms with E-state index in [4.69, 9.17) is 47.4 Å². The average molecular weight is 1080 g/mol. The van der Waals surface area contributed by atoms with Gasteiger partial charge in [0.05, 0.1) is 38.6 Å². The largest absolute Gasteiger partial charge is 0.492 e. The SMILES string of the molecule is COCOc1ccc2c(c1)OC[C@](C)(c1ccc(C(=O)OC)cc1)[C@@H]2CCCCCCCCCO.COCOc1ccc2c(c1)OC[C@](C)(c1ccc(C(=O)OC)cc1)[C@@H]2CCCCCCCCCO[Si](C)(C)C(C)(C)C. The van der Waals surface area contributed by atoms with E-state index < -0.39 is 8.32 Å². The van der Waals surface area contributed by atoms with Crippen LogP contribution >= 0.6 is 0 Å². The highest BCUT2D eigenvalue weighted by atomic mass is 28.4. The smallest absolute Gasteiger partial charge is 0.337 e. The molecule has 0 amide bonds. The number of hydrogen-bond acceptors (Lipinski definition) is 12. The van der Waals surface area contributed by atoms with Crippen LogP contribution < -0.4 is 18.9 Å². The van der Waals surface area contributed by atoms with Crippen molar-refractivity contribution in [3.8, 4) is 23.0 Å². The Balaban J connectivity index is 0.000000289. The summed E-state index contributed by atoms with van der Waals surface area (Å²) in [6, 6.07) is 27.8. The Morgan fingerprint density at radius 3 is 1.30 bits per heavy atom. The summed E-state index contributed by atoms with van der Waals surface area (Å²) in [5.41, 5.74) is 5.41. The minimum atomic E-state index is -1.63. The van der Waals surface area contributed by atoms with Crippen molar-refractivity contribution >= 4 is 20.3 Å². The molecule has 0 unspecified atom stereocenters. The molecule has 0 saturated heterocycles. The third kappa shape index (κ3) is 17.8. The Kier molecular flexibility index (Phi) is 25.3.